The monoisotopic (exact) mass is 283 g/mol. The van der Waals surface area contributed by atoms with E-state index in [1.54, 1.807) is 6.07 Å². The molecule has 0 radical (unpaired) electrons. The van der Waals surface area contributed by atoms with Crippen LogP contribution in [0.25, 0.3) is 0 Å². The van der Waals surface area contributed by atoms with Crippen molar-refractivity contribution >= 4 is 15.8 Å². The molecule has 1 aliphatic rings. The molecule has 0 aliphatic heterocycles. The van der Waals surface area contributed by atoms with E-state index in [1.165, 1.54) is 25.1 Å². The van der Waals surface area contributed by atoms with Gasteiger partial charge in [-0.1, -0.05) is 19.8 Å². The minimum atomic E-state index is -3.41. The van der Waals surface area contributed by atoms with E-state index in [4.69, 9.17) is 0 Å². The van der Waals surface area contributed by atoms with Gasteiger partial charge in [0.25, 0.3) is 0 Å². The maximum Gasteiger partial charge on any atom is 0.240 e. The van der Waals surface area contributed by atoms with Gasteiger partial charge in [0.15, 0.2) is 0 Å². The first kappa shape index (κ1) is 14.3. The van der Waals surface area contributed by atoms with Crippen molar-refractivity contribution in [3.63, 3.8) is 0 Å². The molecule has 2 rings (SSSR count). The van der Waals surface area contributed by atoms with E-state index in [-0.39, 0.29) is 4.90 Å². The fraction of sp³-hybridized carbons (Fsp3) is 0.615. The van der Waals surface area contributed by atoms with Crippen molar-refractivity contribution < 1.29 is 8.42 Å². The summed E-state index contributed by atoms with van der Waals surface area (Å²) in [7, 11) is -3.41. The Bertz CT molecular complexity index is 512. The second-order valence-corrected chi connectivity index (χ2v) is 6.70. The maximum absolute atomic E-state index is 12.1. The van der Waals surface area contributed by atoms with Crippen LogP contribution in [0.1, 0.15) is 32.6 Å². The molecule has 19 heavy (non-hydrogen) atoms. The summed E-state index contributed by atoms with van der Waals surface area (Å²) in [5.74, 6) is 1.33. The lowest BCUT2D eigenvalue weighted by Crippen LogP contribution is -2.25. The highest BCUT2D eigenvalue weighted by Crippen LogP contribution is 2.31. The number of aromatic nitrogens is 1. The first-order valence-corrected chi connectivity index (χ1v) is 8.29. The highest BCUT2D eigenvalue weighted by atomic mass is 32.2. The van der Waals surface area contributed by atoms with E-state index >= 15 is 0 Å². The Morgan fingerprint density at radius 3 is 2.84 bits per heavy atom. The highest BCUT2D eigenvalue weighted by molar-refractivity contribution is 7.89. The lowest BCUT2D eigenvalue weighted by Gasteiger charge is -2.08. The van der Waals surface area contributed by atoms with Crippen molar-refractivity contribution in [1.82, 2.24) is 9.71 Å². The maximum atomic E-state index is 12.1. The van der Waals surface area contributed by atoms with Crippen LogP contribution < -0.4 is 10.0 Å². The molecule has 0 spiro atoms. The van der Waals surface area contributed by atoms with Crippen LogP contribution in [-0.4, -0.2) is 26.5 Å². The van der Waals surface area contributed by atoms with Gasteiger partial charge >= 0.3 is 0 Å². The molecule has 2 N–H and O–H groups in total. The molecule has 0 unspecified atom stereocenters. The summed E-state index contributed by atoms with van der Waals surface area (Å²) < 4.78 is 26.8. The smallest absolute Gasteiger partial charge is 0.240 e. The minimum Gasteiger partial charge on any atom is -0.370 e. The van der Waals surface area contributed by atoms with E-state index in [1.807, 2.05) is 6.92 Å². The number of anilines is 1. The molecule has 1 aromatic heterocycles. The number of pyridine rings is 1. The second kappa shape index (κ2) is 6.34. The van der Waals surface area contributed by atoms with Crippen molar-refractivity contribution in [2.24, 2.45) is 5.92 Å². The Morgan fingerprint density at radius 2 is 2.16 bits per heavy atom. The second-order valence-electron chi connectivity index (χ2n) is 4.93. The van der Waals surface area contributed by atoms with E-state index in [9.17, 15) is 8.42 Å². The van der Waals surface area contributed by atoms with Crippen molar-refractivity contribution in [3.05, 3.63) is 18.3 Å². The zero-order valence-electron chi connectivity index (χ0n) is 11.2. The van der Waals surface area contributed by atoms with Gasteiger partial charge in [0.05, 0.1) is 4.90 Å². The molecule has 1 fully saturated rings. The molecule has 1 saturated carbocycles. The quantitative estimate of drug-likeness (QED) is 0.765. The number of hydrogen-bond acceptors (Lipinski definition) is 4. The molecular weight excluding hydrogens is 262 g/mol. The van der Waals surface area contributed by atoms with Gasteiger partial charge in [-0.15, -0.1) is 0 Å². The molecule has 0 amide bonds. The van der Waals surface area contributed by atoms with E-state index in [0.717, 1.165) is 25.3 Å². The number of sulfonamides is 1. The van der Waals surface area contributed by atoms with Gasteiger partial charge in [-0.3, -0.25) is 0 Å². The fourth-order valence-electron chi connectivity index (χ4n) is 1.82. The third-order valence-electron chi connectivity index (χ3n) is 3.14. The highest BCUT2D eigenvalue weighted by Gasteiger charge is 2.22. The molecule has 0 saturated heterocycles. The molecular formula is C13H21N3O2S. The van der Waals surface area contributed by atoms with Crippen LogP contribution in [0, 0.1) is 5.92 Å². The van der Waals surface area contributed by atoms with Crippen molar-refractivity contribution in [2.45, 2.75) is 37.5 Å². The summed E-state index contributed by atoms with van der Waals surface area (Å²) in [4.78, 5) is 4.38. The predicted octanol–water partition coefficient (Wildman–Crippen LogP) is 1.98. The Labute approximate surface area is 114 Å². The summed E-state index contributed by atoms with van der Waals surface area (Å²) in [6.07, 6.45) is 5.90. The van der Waals surface area contributed by atoms with Crippen LogP contribution in [0.15, 0.2) is 23.2 Å². The van der Waals surface area contributed by atoms with Gasteiger partial charge < -0.3 is 5.32 Å². The summed E-state index contributed by atoms with van der Waals surface area (Å²) in [6, 6.07) is 3.10. The lowest BCUT2D eigenvalue weighted by molar-refractivity contribution is 0.575. The average molecular weight is 283 g/mol. The third kappa shape index (κ3) is 4.47. The third-order valence-corrected chi connectivity index (χ3v) is 4.60. The van der Waals surface area contributed by atoms with Crippen LogP contribution in [0.4, 0.5) is 5.82 Å². The van der Waals surface area contributed by atoms with E-state index in [0.29, 0.717) is 12.4 Å². The number of nitrogens with zero attached hydrogens (tertiary/aromatic N) is 1. The van der Waals surface area contributed by atoms with Gasteiger partial charge in [-0.25, -0.2) is 18.1 Å². The van der Waals surface area contributed by atoms with Crippen LogP contribution in [-0.2, 0) is 10.0 Å². The zero-order valence-corrected chi connectivity index (χ0v) is 12.0. The Hall–Kier alpha value is -1.14. The summed E-state index contributed by atoms with van der Waals surface area (Å²) in [6.45, 7) is 3.35. The molecule has 1 heterocycles. The van der Waals surface area contributed by atoms with E-state index in [2.05, 4.69) is 15.0 Å². The molecule has 5 nitrogen and oxygen atoms in total. The fourth-order valence-corrected chi connectivity index (χ4v) is 2.88. The SMILES string of the molecule is CCCNc1cc(S(=O)(=O)NCCC2CC2)ccn1. The number of nitrogens with one attached hydrogen (secondary N) is 2. The topological polar surface area (TPSA) is 71.1 Å². The first-order chi connectivity index (χ1) is 9.12. The Balaban J connectivity index is 1.97. The molecule has 106 valence electrons. The Morgan fingerprint density at radius 1 is 1.37 bits per heavy atom. The van der Waals surface area contributed by atoms with Gasteiger partial charge in [-0.2, -0.15) is 0 Å². The molecule has 1 aliphatic carbocycles. The van der Waals surface area contributed by atoms with Gasteiger partial charge in [0, 0.05) is 25.4 Å². The predicted molar refractivity (Wildman–Crippen MR) is 75.5 cm³/mol. The van der Waals surface area contributed by atoms with Gasteiger partial charge in [0.2, 0.25) is 10.0 Å². The van der Waals surface area contributed by atoms with Crippen molar-refractivity contribution in [3.8, 4) is 0 Å². The standard InChI is InChI=1S/C13H21N3O2S/c1-2-7-14-13-10-12(6-8-15-13)19(17,18)16-9-5-11-3-4-11/h6,8,10-11,16H,2-5,7,9H2,1H3,(H,14,15). The van der Waals surface area contributed by atoms with Crippen LogP contribution in [0.5, 0.6) is 0 Å². The first-order valence-electron chi connectivity index (χ1n) is 6.81. The average Bonchev–Trinajstić information content (AvgIpc) is 3.21. The zero-order chi connectivity index (χ0) is 13.7. The summed E-state index contributed by atoms with van der Waals surface area (Å²) in [5.41, 5.74) is 0. The van der Waals surface area contributed by atoms with Crippen LogP contribution >= 0.6 is 0 Å². The van der Waals surface area contributed by atoms with E-state index < -0.39 is 10.0 Å². The largest absolute Gasteiger partial charge is 0.370 e. The van der Waals surface area contributed by atoms with Crippen molar-refractivity contribution in [2.75, 3.05) is 18.4 Å². The molecule has 0 bridgehead atoms. The van der Waals surface area contributed by atoms with Gasteiger partial charge in [0.1, 0.15) is 5.82 Å². The number of rotatable bonds is 8. The molecule has 0 atom stereocenters. The molecule has 6 heteroatoms. The minimum absolute atomic E-state index is 0.275. The lowest BCUT2D eigenvalue weighted by atomic mass is 10.3. The molecule has 1 aromatic rings. The van der Waals surface area contributed by atoms with Crippen molar-refractivity contribution in [1.29, 1.82) is 0 Å². The van der Waals surface area contributed by atoms with Crippen LogP contribution in [0.2, 0.25) is 0 Å². The summed E-state index contributed by atoms with van der Waals surface area (Å²) in [5, 5.41) is 3.09. The number of hydrogen-bond donors (Lipinski definition) is 2. The van der Waals surface area contributed by atoms with Gasteiger partial charge in [-0.05, 0) is 24.8 Å². The molecule has 0 aromatic carbocycles. The normalized spacial score (nSPS) is 15.4. The Kier molecular flexibility index (Phi) is 4.76. The summed E-state index contributed by atoms with van der Waals surface area (Å²) >= 11 is 0. The van der Waals surface area contributed by atoms with Crippen LogP contribution in [0.3, 0.4) is 0 Å².